The van der Waals surface area contributed by atoms with E-state index < -0.39 is 6.09 Å². The fourth-order valence-electron chi connectivity index (χ4n) is 4.86. The van der Waals surface area contributed by atoms with Gasteiger partial charge in [0.15, 0.2) is 0 Å². The molecule has 0 bridgehead atoms. The number of hydrogen-bond acceptors (Lipinski definition) is 3. The van der Waals surface area contributed by atoms with Crippen molar-refractivity contribution in [2.24, 2.45) is 0 Å². The van der Waals surface area contributed by atoms with Gasteiger partial charge in [-0.25, -0.2) is 4.79 Å². The third-order valence-electron chi connectivity index (χ3n) is 6.57. The number of aromatic amines is 1. The number of rotatable bonds is 4. The Bertz CT molecular complexity index is 1560. The molecule has 2 heterocycles. The van der Waals surface area contributed by atoms with Crippen LogP contribution in [0.3, 0.4) is 0 Å². The number of allylic oxidation sites excluding steroid dienone is 3. The standard InChI is InChI=1S/C29H21Cl3N2O3/c30-18-3-9-22(10-4-18)37-29(35)34-14-13-24-25-16-20(32)6-12-26(25)33-27(24)28(34)17-1-7-21(8-2-17)36-23-11-5-19(31)15-23/h1-4,6-12,15-16,28,33H,5,13-14H2. The molecule has 0 saturated heterocycles. The molecule has 3 aromatic carbocycles. The van der Waals surface area contributed by atoms with Crippen LogP contribution in [0.1, 0.15) is 29.3 Å². The van der Waals surface area contributed by atoms with Gasteiger partial charge in [-0.05, 0) is 84.3 Å². The predicted octanol–water partition coefficient (Wildman–Crippen LogP) is 8.41. The quantitative estimate of drug-likeness (QED) is 0.277. The summed E-state index contributed by atoms with van der Waals surface area (Å²) in [6, 6.07) is 19.9. The van der Waals surface area contributed by atoms with Gasteiger partial charge in [0.05, 0.1) is 0 Å². The number of nitrogens with zero attached hydrogens (tertiary/aromatic N) is 1. The maximum absolute atomic E-state index is 13.4. The molecule has 5 nitrogen and oxygen atoms in total. The van der Waals surface area contributed by atoms with E-state index in [0.29, 0.717) is 40.9 Å². The molecule has 8 heteroatoms. The van der Waals surface area contributed by atoms with Crippen LogP contribution in [-0.2, 0) is 6.42 Å². The van der Waals surface area contributed by atoms with Crippen LogP contribution in [-0.4, -0.2) is 22.5 Å². The molecule has 1 amide bonds. The van der Waals surface area contributed by atoms with Gasteiger partial charge in [-0.3, -0.25) is 4.90 Å². The Morgan fingerprint density at radius 1 is 0.919 bits per heavy atom. The lowest BCUT2D eigenvalue weighted by molar-refractivity contribution is 0.135. The minimum absolute atomic E-state index is 0.385. The molecule has 0 saturated carbocycles. The van der Waals surface area contributed by atoms with E-state index >= 15 is 0 Å². The number of benzene rings is 3. The second-order valence-electron chi connectivity index (χ2n) is 8.95. The third-order valence-corrected chi connectivity index (χ3v) is 7.32. The van der Waals surface area contributed by atoms with E-state index in [1.54, 1.807) is 29.2 Å². The van der Waals surface area contributed by atoms with Gasteiger partial charge in [-0.15, -0.1) is 0 Å². The molecule has 0 fully saturated rings. The van der Waals surface area contributed by atoms with Crippen molar-refractivity contribution in [2.75, 3.05) is 6.54 Å². The minimum Gasteiger partial charge on any atom is -0.458 e. The van der Waals surface area contributed by atoms with Crippen LogP contribution in [0, 0.1) is 0 Å². The molecular formula is C29H21Cl3N2O3. The summed E-state index contributed by atoms with van der Waals surface area (Å²) in [6.07, 6.45) is 4.66. The minimum atomic E-state index is -0.439. The van der Waals surface area contributed by atoms with Crippen molar-refractivity contribution in [3.63, 3.8) is 0 Å². The first-order valence-electron chi connectivity index (χ1n) is 11.8. The van der Waals surface area contributed by atoms with Crippen LogP contribution in [0.15, 0.2) is 89.7 Å². The van der Waals surface area contributed by atoms with Crippen molar-refractivity contribution >= 4 is 51.8 Å². The summed E-state index contributed by atoms with van der Waals surface area (Å²) in [5, 5.41) is 3.06. The van der Waals surface area contributed by atoms with Crippen LogP contribution in [0.5, 0.6) is 11.5 Å². The van der Waals surface area contributed by atoms with Crippen LogP contribution >= 0.6 is 34.8 Å². The number of carbonyl (C=O) groups excluding carboxylic acids is 1. The number of nitrogens with one attached hydrogen (secondary N) is 1. The summed E-state index contributed by atoms with van der Waals surface area (Å²) in [5.41, 5.74) is 3.99. The summed E-state index contributed by atoms with van der Waals surface area (Å²) in [6.45, 7) is 0.484. The molecule has 6 rings (SSSR count). The highest BCUT2D eigenvalue weighted by atomic mass is 35.5. The Hall–Kier alpha value is -3.38. The van der Waals surface area contributed by atoms with Gasteiger partial charge in [0.1, 0.15) is 23.3 Å². The van der Waals surface area contributed by atoms with Crippen molar-refractivity contribution in [1.29, 1.82) is 0 Å². The van der Waals surface area contributed by atoms with Crippen LogP contribution in [0.2, 0.25) is 10.0 Å². The van der Waals surface area contributed by atoms with Crippen molar-refractivity contribution < 1.29 is 14.3 Å². The van der Waals surface area contributed by atoms with Gasteiger partial charge in [-0.2, -0.15) is 0 Å². The van der Waals surface area contributed by atoms with E-state index in [9.17, 15) is 4.79 Å². The Morgan fingerprint density at radius 2 is 1.65 bits per heavy atom. The van der Waals surface area contributed by atoms with Gasteiger partial charge < -0.3 is 14.5 Å². The molecule has 1 aliphatic heterocycles. The molecule has 4 aromatic rings. The third kappa shape index (κ3) is 4.82. The van der Waals surface area contributed by atoms with Crippen molar-refractivity contribution in [2.45, 2.75) is 18.9 Å². The average Bonchev–Trinajstić information content (AvgIpc) is 3.47. The average molecular weight is 552 g/mol. The number of amides is 1. The SMILES string of the molecule is O=C(Oc1ccc(Cl)cc1)N1CCc2c([nH]c3ccc(Cl)cc23)C1c1ccc(OC2=CCC(Cl)=C2)cc1. The number of fused-ring (bicyclic) bond motifs is 3. The lowest BCUT2D eigenvalue weighted by atomic mass is 9.92. The van der Waals surface area contributed by atoms with Gasteiger partial charge >= 0.3 is 6.09 Å². The van der Waals surface area contributed by atoms with E-state index in [0.717, 1.165) is 38.5 Å². The van der Waals surface area contributed by atoms with E-state index in [4.69, 9.17) is 44.3 Å². The number of H-pyrrole nitrogens is 1. The van der Waals surface area contributed by atoms with E-state index in [2.05, 4.69) is 4.98 Å². The number of ether oxygens (including phenoxy) is 2. The number of halogens is 3. The molecule has 186 valence electrons. The summed E-state index contributed by atoms with van der Waals surface area (Å²) >= 11 is 18.4. The smallest absolute Gasteiger partial charge is 0.416 e. The summed E-state index contributed by atoms with van der Waals surface area (Å²) in [5.74, 6) is 1.84. The number of aromatic nitrogens is 1. The highest BCUT2D eigenvalue weighted by Gasteiger charge is 2.35. The Balaban J connectivity index is 1.36. The number of hydrogen-bond donors (Lipinski definition) is 1. The van der Waals surface area contributed by atoms with Crippen molar-refractivity contribution in [1.82, 2.24) is 9.88 Å². The zero-order valence-corrected chi connectivity index (χ0v) is 21.8. The van der Waals surface area contributed by atoms with Crippen LogP contribution < -0.4 is 9.47 Å². The zero-order chi connectivity index (χ0) is 25.5. The van der Waals surface area contributed by atoms with E-state index in [1.165, 1.54) is 0 Å². The van der Waals surface area contributed by atoms with Gasteiger partial charge in [0, 0.05) is 44.6 Å². The molecule has 1 aromatic heterocycles. The highest BCUT2D eigenvalue weighted by Crippen LogP contribution is 2.40. The highest BCUT2D eigenvalue weighted by molar-refractivity contribution is 6.31. The van der Waals surface area contributed by atoms with Crippen LogP contribution in [0.25, 0.3) is 10.9 Å². The molecule has 1 unspecified atom stereocenters. The van der Waals surface area contributed by atoms with Gasteiger partial charge in [0.25, 0.3) is 0 Å². The van der Waals surface area contributed by atoms with Crippen molar-refractivity contribution in [3.8, 4) is 11.5 Å². The van der Waals surface area contributed by atoms with E-state index in [1.807, 2.05) is 54.6 Å². The Kier molecular flexibility index (Phi) is 6.37. The molecular weight excluding hydrogens is 531 g/mol. The lowest BCUT2D eigenvalue weighted by Crippen LogP contribution is -2.42. The Morgan fingerprint density at radius 3 is 2.38 bits per heavy atom. The van der Waals surface area contributed by atoms with Gasteiger partial charge in [0.2, 0.25) is 0 Å². The molecule has 0 radical (unpaired) electrons. The molecule has 0 spiro atoms. The largest absolute Gasteiger partial charge is 0.458 e. The Labute approximate surface area is 228 Å². The topological polar surface area (TPSA) is 54.6 Å². The maximum Gasteiger partial charge on any atom is 0.416 e. The normalized spacial score (nSPS) is 16.8. The monoisotopic (exact) mass is 550 g/mol. The summed E-state index contributed by atoms with van der Waals surface area (Å²) in [7, 11) is 0. The molecule has 37 heavy (non-hydrogen) atoms. The maximum atomic E-state index is 13.4. The van der Waals surface area contributed by atoms with Crippen LogP contribution in [0.4, 0.5) is 4.79 Å². The summed E-state index contributed by atoms with van der Waals surface area (Å²) < 4.78 is 11.7. The predicted molar refractivity (Wildman–Crippen MR) is 147 cm³/mol. The molecule has 1 aliphatic carbocycles. The van der Waals surface area contributed by atoms with E-state index in [-0.39, 0.29) is 6.04 Å². The fourth-order valence-corrected chi connectivity index (χ4v) is 5.34. The second kappa shape index (κ2) is 9.82. The molecule has 1 atom stereocenters. The fraction of sp³-hybridized carbons (Fsp3) is 0.138. The second-order valence-corrected chi connectivity index (χ2v) is 10.3. The molecule has 2 aliphatic rings. The lowest BCUT2D eigenvalue weighted by Gasteiger charge is -2.35. The first-order chi connectivity index (χ1) is 17.9. The molecule has 1 N–H and O–H groups in total. The zero-order valence-electron chi connectivity index (χ0n) is 19.5. The summed E-state index contributed by atoms with van der Waals surface area (Å²) in [4.78, 5) is 18.7. The van der Waals surface area contributed by atoms with Crippen molar-refractivity contribution in [3.05, 3.63) is 117 Å². The first kappa shape index (κ1) is 24.0. The van der Waals surface area contributed by atoms with Gasteiger partial charge in [-0.1, -0.05) is 46.9 Å². The number of carbonyl (C=O) groups is 1. The first-order valence-corrected chi connectivity index (χ1v) is 13.0.